The smallest absolute Gasteiger partial charge is 0.276 e. The second-order valence-electron chi connectivity index (χ2n) is 6.30. The summed E-state index contributed by atoms with van der Waals surface area (Å²) < 4.78 is 5.46. The third-order valence-electron chi connectivity index (χ3n) is 4.32. The quantitative estimate of drug-likeness (QED) is 0.194. The molecule has 30 heavy (non-hydrogen) atoms. The number of fused-ring (bicyclic) bond motifs is 2. The minimum Gasteiger partial charge on any atom is -0.482 e. The zero-order chi connectivity index (χ0) is 21.3. The Labute approximate surface area is 191 Å². The van der Waals surface area contributed by atoms with Crippen molar-refractivity contribution in [1.29, 1.82) is 0 Å². The summed E-state index contributed by atoms with van der Waals surface area (Å²) in [7, 11) is 0. The lowest BCUT2D eigenvalue weighted by Gasteiger charge is -2.15. The van der Waals surface area contributed by atoms with Gasteiger partial charge in [0, 0.05) is 16.8 Å². The van der Waals surface area contributed by atoms with Crippen LogP contribution >= 0.6 is 46.4 Å². The SMILES string of the molecule is O=C(COc1cc(Cl)c(Cl)cc1Cl)NNc1c2ccccc2nc2cccc(Cl)c12. The van der Waals surface area contributed by atoms with Crippen molar-refractivity contribution in [3.63, 3.8) is 0 Å². The largest absolute Gasteiger partial charge is 0.482 e. The summed E-state index contributed by atoms with van der Waals surface area (Å²) >= 11 is 24.3. The number of para-hydroxylation sites is 1. The van der Waals surface area contributed by atoms with Gasteiger partial charge >= 0.3 is 0 Å². The monoisotopic (exact) mass is 479 g/mol. The number of rotatable bonds is 5. The molecule has 0 atom stereocenters. The van der Waals surface area contributed by atoms with Crippen molar-refractivity contribution in [2.24, 2.45) is 0 Å². The number of ether oxygens (including phenoxy) is 1. The zero-order valence-electron chi connectivity index (χ0n) is 15.2. The zero-order valence-corrected chi connectivity index (χ0v) is 18.2. The average molecular weight is 481 g/mol. The van der Waals surface area contributed by atoms with Crippen LogP contribution in [0.4, 0.5) is 5.69 Å². The summed E-state index contributed by atoms with van der Waals surface area (Å²) in [5.41, 5.74) is 7.69. The molecule has 0 radical (unpaired) electrons. The molecule has 9 heteroatoms. The number of nitrogens with zero attached hydrogens (tertiary/aromatic N) is 1. The first kappa shape index (κ1) is 20.8. The number of carbonyl (C=O) groups excluding carboxylic acids is 1. The van der Waals surface area contributed by atoms with Crippen molar-refractivity contribution < 1.29 is 9.53 Å². The van der Waals surface area contributed by atoms with E-state index in [9.17, 15) is 4.79 Å². The highest BCUT2D eigenvalue weighted by molar-refractivity contribution is 6.43. The number of amides is 1. The number of hydrogen-bond donors (Lipinski definition) is 2. The third-order valence-corrected chi connectivity index (χ3v) is 5.65. The van der Waals surface area contributed by atoms with Crippen LogP contribution in [0.2, 0.25) is 20.1 Å². The van der Waals surface area contributed by atoms with Crippen molar-refractivity contribution in [1.82, 2.24) is 10.4 Å². The Kier molecular flexibility index (Phi) is 6.06. The van der Waals surface area contributed by atoms with Gasteiger partial charge in [0.05, 0.1) is 36.8 Å². The van der Waals surface area contributed by atoms with Crippen LogP contribution in [-0.2, 0) is 4.79 Å². The van der Waals surface area contributed by atoms with E-state index in [-0.39, 0.29) is 22.4 Å². The summed E-state index contributed by atoms with van der Waals surface area (Å²) in [6, 6.07) is 15.9. The number of carbonyl (C=O) groups is 1. The van der Waals surface area contributed by atoms with E-state index < -0.39 is 5.91 Å². The molecule has 0 bridgehead atoms. The number of pyridine rings is 1. The van der Waals surface area contributed by atoms with Gasteiger partial charge in [-0.15, -0.1) is 0 Å². The Morgan fingerprint density at radius 1 is 0.867 bits per heavy atom. The Hall–Kier alpha value is -2.44. The number of nitrogens with one attached hydrogen (secondary N) is 2. The van der Waals surface area contributed by atoms with Gasteiger partial charge in [0.2, 0.25) is 0 Å². The van der Waals surface area contributed by atoms with Crippen molar-refractivity contribution >= 4 is 79.8 Å². The van der Waals surface area contributed by atoms with Crippen LogP contribution in [0.15, 0.2) is 54.6 Å². The maximum Gasteiger partial charge on any atom is 0.276 e. The summed E-state index contributed by atoms with van der Waals surface area (Å²) in [5.74, 6) is -0.178. The first-order valence-corrected chi connectivity index (χ1v) is 10.2. The Morgan fingerprint density at radius 2 is 1.60 bits per heavy atom. The molecule has 0 aliphatic rings. The number of hydrazine groups is 1. The first-order chi connectivity index (χ1) is 14.4. The van der Waals surface area contributed by atoms with E-state index in [0.717, 1.165) is 10.9 Å². The maximum absolute atomic E-state index is 12.4. The molecule has 0 aliphatic heterocycles. The molecule has 3 aromatic carbocycles. The summed E-state index contributed by atoms with van der Waals surface area (Å²) in [4.78, 5) is 17.0. The van der Waals surface area contributed by atoms with Crippen molar-refractivity contribution in [3.05, 3.63) is 74.7 Å². The molecule has 0 saturated heterocycles. The van der Waals surface area contributed by atoms with Crippen LogP contribution in [0, 0.1) is 0 Å². The van der Waals surface area contributed by atoms with Gasteiger partial charge in [-0.05, 0) is 24.3 Å². The number of halogens is 4. The van der Waals surface area contributed by atoms with Crippen molar-refractivity contribution in [2.75, 3.05) is 12.0 Å². The van der Waals surface area contributed by atoms with Gasteiger partial charge in [0.1, 0.15) is 5.75 Å². The minimum atomic E-state index is -0.432. The molecule has 0 unspecified atom stereocenters. The highest BCUT2D eigenvalue weighted by atomic mass is 35.5. The van der Waals surface area contributed by atoms with Gasteiger partial charge in [-0.25, -0.2) is 4.98 Å². The fraction of sp³-hybridized carbons (Fsp3) is 0.0476. The van der Waals surface area contributed by atoms with E-state index >= 15 is 0 Å². The molecule has 0 saturated carbocycles. The molecule has 0 spiro atoms. The lowest BCUT2D eigenvalue weighted by atomic mass is 10.1. The topological polar surface area (TPSA) is 63.2 Å². The summed E-state index contributed by atoms with van der Waals surface area (Å²) in [6.07, 6.45) is 0. The van der Waals surface area contributed by atoms with Crippen LogP contribution in [0.3, 0.4) is 0 Å². The molecule has 1 amide bonds. The minimum absolute atomic E-state index is 0.253. The third kappa shape index (κ3) is 4.20. The van der Waals surface area contributed by atoms with E-state index in [4.69, 9.17) is 51.1 Å². The molecule has 0 fully saturated rings. The van der Waals surface area contributed by atoms with Gasteiger partial charge in [0.25, 0.3) is 5.91 Å². The maximum atomic E-state index is 12.4. The van der Waals surface area contributed by atoms with E-state index in [2.05, 4.69) is 15.8 Å². The fourth-order valence-electron chi connectivity index (χ4n) is 2.96. The van der Waals surface area contributed by atoms with E-state index in [1.165, 1.54) is 12.1 Å². The van der Waals surface area contributed by atoms with Crippen LogP contribution in [0.5, 0.6) is 5.75 Å². The van der Waals surface area contributed by atoms with Crippen LogP contribution < -0.4 is 15.6 Å². The predicted molar refractivity (Wildman–Crippen MR) is 123 cm³/mol. The van der Waals surface area contributed by atoms with Gasteiger partial charge in [0.15, 0.2) is 6.61 Å². The Morgan fingerprint density at radius 3 is 2.43 bits per heavy atom. The molecule has 2 N–H and O–H groups in total. The molecule has 1 aromatic heterocycles. The van der Waals surface area contributed by atoms with E-state index in [0.29, 0.717) is 26.6 Å². The predicted octanol–water partition coefficient (Wildman–Crippen LogP) is 6.52. The van der Waals surface area contributed by atoms with Crippen LogP contribution in [0.1, 0.15) is 0 Å². The summed E-state index contributed by atoms with van der Waals surface area (Å²) in [5, 5.41) is 2.86. The molecule has 1 heterocycles. The summed E-state index contributed by atoms with van der Waals surface area (Å²) in [6.45, 7) is -0.292. The number of anilines is 1. The highest BCUT2D eigenvalue weighted by Crippen LogP contribution is 2.35. The van der Waals surface area contributed by atoms with Crippen molar-refractivity contribution in [2.45, 2.75) is 0 Å². The second kappa shape index (κ2) is 8.74. The van der Waals surface area contributed by atoms with Gasteiger partial charge < -0.3 is 4.74 Å². The number of aromatic nitrogens is 1. The lowest BCUT2D eigenvalue weighted by molar-refractivity contribution is -0.122. The Balaban J connectivity index is 1.56. The Bertz CT molecular complexity index is 1280. The van der Waals surface area contributed by atoms with Crippen LogP contribution in [0.25, 0.3) is 21.8 Å². The molecular formula is C21H13Cl4N3O2. The van der Waals surface area contributed by atoms with E-state index in [1.807, 2.05) is 36.4 Å². The molecule has 5 nitrogen and oxygen atoms in total. The molecular weight excluding hydrogens is 468 g/mol. The molecule has 4 rings (SSSR count). The standard InChI is InChI=1S/C21H13Cl4N3O2/c22-12-5-3-7-17-20(12)21(11-4-1-2-6-16(11)26-17)28-27-19(29)10-30-18-9-14(24)13(23)8-15(18)25/h1-9H,10H2,(H,26,28)(H,27,29). The fourth-order valence-corrected chi connectivity index (χ4v) is 3.81. The molecule has 0 aliphatic carbocycles. The first-order valence-electron chi connectivity index (χ1n) is 8.73. The normalized spacial score (nSPS) is 10.9. The molecule has 4 aromatic rings. The highest BCUT2D eigenvalue weighted by Gasteiger charge is 2.14. The van der Waals surface area contributed by atoms with Gasteiger partial charge in [-0.1, -0.05) is 70.7 Å². The van der Waals surface area contributed by atoms with Gasteiger partial charge in [-0.3, -0.25) is 15.6 Å². The van der Waals surface area contributed by atoms with Crippen molar-refractivity contribution in [3.8, 4) is 5.75 Å². The lowest BCUT2D eigenvalue weighted by Crippen LogP contribution is -2.33. The molecule has 152 valence electrons. The number of benzene rings is 3. The van der Waals surface area contributed by atoms with Gasteiger partial charge in [-0.2, -0.15) is 0 Å². The van der Waals surface area contributed by atoms with E-state index in [1.54, 1.807) is 6.07 Å². The number of hydrogen-bond acceptors (Lipinski definition) is 4. The van der Waals surface area contributed by atoms with Crippen LogP contribution in [-0.4, -0.2) is 17.5 Å². The second-order valence-corrected chi connectivity index (χ2v) is 7.93. The average Bonchev–Trinajstić information content (AvgIpc) is 2.73.